The van der Waals surface area contributed by atoms with Crippen molar-refractivity contribution in [2.75, 3.05) is 18.6 Å². The highest BCUT2D eigenvalue weighted by atomic mass is 79.9. The number of halogens is 1. The lowest BCUT2D eigenvalue weighted by Gasteiger charge is -2.26. The van der Waals surface area contributed by atoms with E-state index in [4.69, 9.17) is 4.74 Å². The number of amides is 1. The van der Waals surface area contributed by atoms with E-state index in [-0.39, 0.29) is 12.5 Å². The normalized spacial score (nSPS) is 19.4. The smallest absolute Gasteiger partial charge is 0.264 e. The monoisotopic (exact) mass is 281 g/mol. The highest BCUT2D eigenvalue weighted by Gasteiger charge is 2.29. The molecule has 4 heteroatoms. The second-order valence-electron chi connectivity index (χ2n) is 4.36. The molecule has 0 atom stereocenters. The van der Waals surface area contributed by atoms with Gasteiger partial charge in [-0.2, -0.15) is 0 Å². The lowest BCUT2D eigenvalue weighted by atomic mass is 10.1. The number of anilines is 1. The van der Waals surface area contributed by atoms with Gasteiger partial charge in [0.25, 0.3) is 5.91 Å². The SMILES string of the molecule is CN1C(=O)COc2cc(C3CC3)c(Br)cc21. The van der Waals surface area contributed by atoms with Gasteiger partial charge in [-0.15, -0.1) is 0 Å². The Kier molecular flexibility index (Phi) is 2.21. The van der Waals surface area contributed by atoms with Crippen LogP contribution in [0.15, 0.2) is 16.6 Å². The fourth-order valence-electron chi connectivity index (χ4n) is 2.01. The van der Waals surface area contributed by atoms with Crippen LogP contribution in [0.1, 0.15) is 24.3 Å². The van der Waals surface area contributed by atoms with Crippen LogP contribution in [0.2, 0.25) is 0 Å². The van der Waals surface area contributed by atoms with Crippen molar-refractivity contribution >= 4 is 27.5 Å². The van der Waals surface area contributed by atoms with E-state index in [9.17, 15) is 4.79 Å². The Morgan fingerprint density at radius 1 is 1.44 bits per heavy atom. The number of likely N-dealkylation sites (N-methyl/N-ethyl adjacent to an activating group) is 1. The van der Waals surface area contributed by atoms with Crippen LogP contribution in [-0.2, 0) is 4.79 Å². The third kappa shape index (κ3) is 1.52. The van der Waals surface area contributed by atoms with Crippen molar-refractivity contribution in [2.45, 2.75) is 18.8 Å². The first-order valence-corrected chi connectivity index (χ1v) is 6.19. The van der Waals surface area contributed by atoms with E-state index in [1.807, 2.05) is 6.07 Å². The van der Waals surface area contributed by atoms with Crippen LogP contribution in [0.5, 0.6) is 5.75 Å². The standard InChI is InChI=1S/C12H12BrNO2/c1-14-10-5-9(13)8(7-2-3-7)4-11(10)16-6-12(14)15/h4-5,7H,2-3,6H2,1H3. The average molecular weight is 282 g/mol. The summed E-state index contributed by atoms with van der Waals surface area (Å²) in [6.07, 6.45) is 2.51. The van der Waals surface area contributed by atoms with Crippen LogP contribution in [-0.4, -0.2) is 19.6 Å². The number of fused-ring (bicyclic) bond motifs is 1. The number of hydrogen-bond acceptors (Lipinski definition) is 2. The molecule has 0 spiro atoms. The number of rotatable bonds is 1. The molecule has 0 saturated heterocycles. The molecule has 0 unspecified atom stereocenters. The molecule has 1 aromatic carbocycles. The molecule has 1 amide bonds. The number of benzene rings is 1. The molecular weight excluding hydrogens is 270 g/mol. The molecule has 2 aliphatic rings. The summed E-state index contributed by atoms with van der Waals surface area (Å²) in [6.45, 7) is 0.148. The highest BCUT2D eigenvalue weighted by molar-refractivity contribution is 9.10. The second-order valence-corrected chi connectivity index (χ2v) is 5.21. The average Bonchev–Trinajstić information content (AvgIpc) is 3.08. The summed E-state index contributed by atoms with van der Waals surface area (Å²) >= 11 is 3.57. The van der Waals surface area contributed by atoms with Crippen molar-refractivity contribution in [1.82, 2.24) is 0 Å². The summed E-state index contributed by atoms with van der Waals surface area (Å²) in [7, 11) is 1.78. The first-order valence-electron chi connectivity index (χ1n) is 5.39. The van der Waals surface area contributed by atoms with Crippen LogP contribution in [0.25, 0.3) is 0 Å². The predicted octanol–water partition coefficient (Wildman–Crippen LogP) is 2.68. The summed E-state index contributed by atoms with van der Waals surface area (Å²) in [5, 5.41) is 0. The molecule has 3 rings (SSSR count). The number of hydrogen-bond donors (Lipinski definition) is 0. The van der Waals surface area contributed by atoms with Crippen molar-refractivity contribution in [3.63, 3.8) is 0 Å². The molecule has 1 heterocycles. The minimum atomic E-state index is -0.00132. The van der Waals surface area contributed by atoms with Gasteiger partial charge in [-0.25, -0.2) is 0 Å². The van der Waals surface area contributed by atoms with Gasteiger partial charge in [0.15, 0.2) is 6.61 Å². The van der Waals surface area contributed by atoms with Gasteiger partial charge in [0.1, 0.15) is 5.75 Å². The number of ether oxygens (including phenoxy) is 1. The Hall–Kier alpha value is -1.03. The van der Waals surface area contributed by atoms with Gasteiger partial charge in [0, 0.05) is 11.5 Å². The second kappa shape index (κ2) is 3.48. The maximum atomic E-state index is 11.5. The van der Waals surface area contributed by atoms with E-state index in [1.54, 1.807) is 11.9 Å². The highest BCUT2D eigenvalue weighted by Crippen LogP contribution is 2.47. The molecule has 1 aliphatic carbocycles. The van der Waals surface area contributed by atoms with Crippen molar-refractivity contribution in [1.29, 1.82) is 0 Å². The van der Waals surface area contributed by atoms with E-state index in [0.29, 0.717) is 5.92 Å². The van der Waals surface area contributed by atoms with Crippen LogP contribution >= 0.6 is 15.9 Å². The Morgan fingerprint density at radius 2 is 2.19 bits per heavy atom. The van der Waals surface area contributed by atoms with Gasteiger partial charge in [0.05, 0.1) is 5.69 Å². The Balaban J connectivity index is 2.08. The van der Waals surface area contributed by atoms with Crippen molar-refractivity contribution in [3.8, 4) is 5.75 Å². The molecule has 16 heavy (non-hydrogen) atoms. The van der Waals surface area contributed by atoms with Gasteiger partial charge >= 0.3 is 0 Å². The predicted molar refractivity (Wildman–Crippen MR) is 65.0 cm³/mol. The van der Waals surface area contributed by atoms with E-state index < -0.39 is 0 Å². The summed E-state index contributed by atoms with van der Waals surface area (Å²) in [5.74, 6) is 1.50. The summed E-state index contributed by atoms with van der Waals surface area (Å²) < 4.78 is 6.55. The fourth-order valence-corrected chi connectivity index (χ4v) is 2.67. The third-order valence-corrected chi connectivity index (χ3v) is 3.87. The maximum Gasteiger partial charge on any atom is 0.264 e. The molecule has 1 saturated carbocycles. The molecule has 84 valence electrons. The molecule has 1 fully saturated rings. The van der Waals surface area contributed by atoms with Gasteiger partial charge in [-0.05, 0) is 36.5 Å². The largest absolute Gasteiger partial charge is 0.482 e. The van der Waals surface area contributed by atoms with Gasteiger partial charge in [-0.1, -0.05) is 15.9 Å². The molecular formula is C12H12BrNO2. The first kappa shape index (κ1) is 10.1. The van der Waals surface area contributed by atoms with Crippen molar-refractivity contribution < 1.29 is 9.53 Å². The quantitative estimate of drug-likeness (QED) is 0.792. The van der Waals surface area contributed by atoms with Crippen LogP contribution in [0.4, 0.5) is 5.69 Å². The van der Waals surface area contributed by atoms with E-state index in [0.717, 1.165) is 15.9 Å². The molecule has 1 aliphatic heterocycles. The zero-order valence-electron chi connectivity index (χ0n) is 9.00. The Morgan fingerprint density at radius 3 is 2.88 bits per heavy atom. The zero-order chi connectivity index (χ0) is 11.3. The van der Waals surface area contributed by atoms with Gasteiger partial charge < -0.3 is 9.64 Å². The van der Waals surface area contributed by atoms with E-state index in [2.05, 4.69) is 22.0 Å². The van der Waals surface area contributed by atoms with Gasteiger partial charge in [0.2, 0.25) is 0 Å². The first-order chi connectivity index (χ1) is 7.66. The van der Waals surface area contributed by atoms with Crippen molar-refractivity contribution in [2.24, 2.45) is 0 Å². The maximum absolute atomic E-state index is 11.5. The minimum absolute atomic E-state index is 0.00132. The molecule has 0 aromatic heterocycles. The number of nitrogens with zero attached hydrogens (tertiary/aromatic N) is 1. The summed E-state index contributed by atoms with van der Waals surface area (Å²) in [4.78, 5) is 13.1. The molecule has 3 nitrogen and oxygen atoms in total. The van der Waals surface area contributed by atoms with Gasteiger partial charge in [-0.3, -0.25) is 4.79 Å². The zero-order valence-corrected chi connectivity index (χ0v) is 10.6. The number of carbonyl (C=O) groups is 1. The summed E-state index contributed by atoms with van der Waals surface area (Å²) in [5.41, 5.74) is 2.16. The topological polar surface area (TPSA) is 29.5 Å². The lowest BCUT2D eigenvalue weighted by molar-refractivity contribution is -0.120. The fraction of sp³-hybridized carbons (Fsp3) is 0.417. The molecule has 0 bridgehead atoms. The summed E-state index contributed by atoms with van der Waals surface area (Å²) in [6, 6.07) is 4.06. The lowest BCUT2D eigenvalue weighted by Crippen LogP contribution is -2.35. The number of carbonyl (C=O) groups excluding carboxylic acids is 1. The van der Waals surface area contributed by atoms with Crippen LogP contribution in [0.3, 0.4) is 0 Å². The minimum Gasteiger partial charge on any atom is -0.482 e. The van der Waals surface area contributed by atoms with E-state index >= 15 is 0 Å². The molecule has 0 N–H and O–H groups in total. The van der Waals surface area contributed by atoms with Crippen molar-refractivity contribution in [3.05, 3.63) is 22.2 Å². The third-order valence-electron chi connectivity index (χ3n) is 3.18. The molecule has 1 aromatic rings. The Bertz CT molecular complexity index is 468. The molecule has 0 radical (unpaired) electrons. The van der Waals surface area contributed by atoms with E-state index in [1.165, 1.54) is 18.4 Å². The Labute approximate surface area is 103 Å². The van der Waals surface area contributed by atoms with Crippen LogP contribution in [0, 0.1) is 0 Å². The van der Waals surface area contributed by atoms with Crippen LogP contribution < -0.4 is 9.64 Å².